The van der Waals surface area contributed by atoms with Crippen molar-refractivity contribution in [1.82, 2.24) is 15.1 Å². The smallest absolute Gasteiger partial charge is 0.271 e. The van der Waals surface area contributed by atoms with Crippen molar-refractivity contribution in [2.45, 2.75) is 13.3 Å². The zero-order valence-corrected chi connectivity index (χ0v) is 11.0. The number of nitrogens with one attached hydrogen (secondary N) is 1. The Balaban J connectivity index is 2.46. The Labute approximate surface area is 111 Å². The first-order valence-electron chi connectivity index (χ1n) is 5.72. The van der Waals surface area contributed by atoms with Crippen LogP contribution in [-0.2, 0) is 6.42 Å². The summed E-state index contributed by atoms with van der Waals surface area (Å²) in [5.74, 6) is -0.183. The molecule has 0 radical (unpaired) electrons. The number of benzene rings is 1. The fraction of sp³-hybridized carbons (Fsp3) is 0.231. The third-order valence-corrected chi connectivity index (χ3v) is 2.93. The molecule has 0 aliphatic carbocycles. The van der Waals surface area contributed by atoms with Crippen LogP contribution in [0.3, 0.4) is 0 Å². The summed E-state index contributed by atoms with van der Waals surface area (Å²) < 4.78 is 1.76. The van der Waals surface area contributed by atoms with Crippen LogP contribution in [0.4, 0.5) is 0 Å². The highest BCUT2D eigenvalue weighted by Gasteiger charge is 2.13. The molecule has 94 valence electrons. The van der Waals surface area contributed by atoms with Gasteiger partial charge in [0.25, 0.3) is 5.91 Å². The number of hydrogen-bond donors (Lipinski definition) is 1. The van der Waals surface area contributed by atoms with Gasteiger partial charge in [0.2, 0.25) is 0 Å². The van der Waals surface area contributed by atoms with Gasteiger partial charge in [-0.25, -0.2) is 4.68 Å². The van der Waals surface area contributed by atoms with E-state index in [0.717, 1.165) is 17.8 Å². The van der Waals surface area contributed by atoms with Crippen LogP contribution in [0.5, 0.6) is 0 Å². The van der Waals surface area contributed by atoms with Gasteiger partial charge in [0.05, 0.1) is 5.69 Å². The molecule has 1 heterocycles. The minimum absolute atomic E-state index is 0.183. The normalized spacial score (nSPS) is 10.4. The first kappa shape index (κ1) is 12.6. The zero-order valence-electron chi connectivity index (χ0n) is 10.3. The topological polar surface area (TPSA) is 46.9 Å². The lowest BCUT2D eigenvalue weighted by Gasteiger charge is -2.05. The van der Waals surface area contributed by atoms with E-state index in [4.69, 9.17) is 11.6 Å². The standard InChI is InChI=1S/C13H14ClN3O/c1-3-10-8-12(13(18)15-2)16-17(10)11-6-4-9(14)5-7-11/h4-8H,3H2,1-2H3,(H,15,18). The van der Waals surface area contributed by atoms with Crippen molar-refractivity contribution in [3.8, 4) is 5.69 Å². The molecule has 1 N–H and O–H groups in total. The van der Waals surface area contributed by atoms with E-state index in [-0.39, 0.29) is 5.91 Å². The average molecular weight is 264 g/mol. The molecule has 4 nitrogen and oxygen atoms in total. The summed E-state index contributed by atoms with van der Waals surface area (Å²) in [6, 6.07) is 9.16. The van der Waals surface area contributed by atoms with Gasteiger partial charge >= 0.3 is 0 Å². The minimum atomic E-state index is -0.183. The Hall–Kier alpha value is -1.81. The van der Waals surface area contributed by atoms with Crippen molar-refractivity contribution in [2.24, 2.45) is 0 Å². The number of rotatable bonds is 3. The number of amides is 1. The quantitative estimate of drug-likeness (QED) is 0.925. The number of aromatic nitrogens is 2. The largest absolute Gasteiger partial charge is 0.354 e. The lowest BCUT2D eigenvalue weighted by Crippen LogP contribution is -2.18. The molecular weight excluding hydrogens is 250 g/mol. The minimum Gasteiger partial charge on any atom is -0.354 e. The number of carbonyl (C=O) groups excluding carboxylic acids is 1. The summed E-state index contributed by atoms with van der Waals surface area (Å²) in [7, 11) is 1.59. The van der Waals surface area contributed by atoms with Crippen LogP contribution in [0.15, 0.2) is 30.3 Å². The van der Waals surface area contributed by atoms with Gasteiger partial charge in [-0.15, -0.1) is 0 Å². The molecule has 0 bridgehead atoms. The molecular formula is C13H14ClN3O. The number of nitrogens with zero attached hydrogens (tertiary/aromatic N) is 2. The lowest BCUT2D eigenvalue weighted by molar-refractivity contribution is 0.0957. The molecule has 1 aromatic carbocycles. The van der Waals surface area contributed by atoms with Crippen LogP contribution in [0.25, 0.3) is 5.69 Å². The summed E-state index contributed by atoms with van der Waals surface area (Å²) in [6.45, 7) is 2.02. The van der Waals surface area contributed by atoms with Crippen LogP contribution in [0.2, 0.25) is 5.02 Å². The number of halogens is 1. The Morgan fingerprint density at radius 3 is 2.61 bits per heavy atom. The molecule has 2 rings (SSSR count). The summed E-state index contributed by atoms with van der Waals surface area (Å²) in [5.41, 5.74) is 2.30. The number of aryl methyl sites for hydroxylation is 1. The maximum Gasteiger partial charge on any atom is 0.271 e. The van der Waals surface area contributed by atoms with Gasteiger partial charge in [-0.2, -0.15) is 5.10 Å². The predicted octanol–water partition coefficient (Wildman–Crippen LogP) is 2.45. The van der Waals surface area contributed by atoms with Crippen LogP contribution in [-0.4, -0.2) is 22.7 Å². The maximum absolute atomic E-state index is 11.6. The van der Waals surface area contributed by atoms with E-state index in [1.807, 2.05) is 19.1 Å². The molecule has 0 atom stereocenters. The molecule has 0 unspecified atom stereocenters. The van der Waals surface area contributed by atoms with Crippen molar-refractivity contribution in [2.75, 3.05) is 7.05 Å². The summed E-state index contributed by atoms with van der Waals surface area (Å²) in [4.78, 5) is 11.6. The molecule has 0 fully saturated rings. The highest BCUT2D eigenvalue weighted by atomic mass is 35.5. The van der Waals surface area contributed by atoms with E-state index in [9.17, 15) is 4.79 Å². The van der Waals surface area contributed by atoms with Crippen LogP contribution in [0.1, 0.15) is 23.1 Å². The molecule has 2 aromatic rings. The Kier molecular flexibility index (Phi) is 3.67. The van der Waals surface area contributed by atoms with E-state index >= 15 is 0 Å². The SMILES string of the molecule is CCc1cc(C(=O)NC)nn1-c1ccc(Cl)cc1. The van der Waals surface area contributed by atoms with E-state index < -0.39 is 0 Å². The van der Waals surface area contributed by atoms with Crippen molar-refractivity contribution in [1.29, 1.82) is 0 Å². The van der Waals surface area contributed by atoms with Crippen LogP contribution < -0.4 is 5.32 Å². The van der Waals surface area contributed by atoms with Crippen molar-refractivity contribution in [3.63, 3.8) is 0 Å². The highest BCUT2D eigenvalue weighted by molar-refractivity contribution is 6.30. The van der Waals surface area contributed by atoms with Crippen molar-refractivity contribution >= 4 is 17.5 Å². The third kappa shape index (κ3) is 2.38. The van der Waals surface area contributed by atoms with Gasteiger partial charge in [0.15, 0.2) is 5.69 Å². The van der Waals surface area contributed by atoms with Crippen molar-refractivity contribution < 1.29 is 4.79 Å². The van der Waals surface area contributed by atoms with Crippen LogP contribution in [0, 0.1) is 0 Å². The zero-order chi connectivity index (χ0) is 13.1. The highest BCUT2D eigenvalue weighted by Crippen LogP contribution is 2.16. The van der Waals surface area contributed by atoms with Gasteiger partial charge in [0, 0.05) is 17.8 Å². The summed E-state index contributed by atoms with van der Waals surface area (Å²) >= 11 is 5.86. The molecule has 1 aromatic heterocycles. The van der Waals surface area contributed by atoms with Gasteiger partial charge in [-0.05, 0) is 36.8 Å². The van der Waals surface area contributed by atoms with Gasteiger partial charge in [-0.3, -0.25) is 4.79 Å². The second-order valence-electron chi connectivity index (χ2n) is 3.84. The van der Waals surface area contributed by atoms with E-state index in [0.29, 0.717) is 10.7 Å². The number of carbonyl (C=O) groups is 1. The first-order valence-corrected chi connectivity index (χ1v) is 6.10. The number of hydrogen-bond acceptors (Lipinski definition) is 2. The molecule has 18 heavy (non-hydrogen) atoms. The monoisotopic (exact) mass is 263 g/mol. The Morgan fingerprint density at radius 1 is 1.39 bits per heavy atom. The van der Waals surface area contributed by atoms with E-state index in [1.54, 1.807) is 29.9 Å². The second kappa shape index (κ2) is 5.23. The lowest BCUT2D eigenvalue weighted by atomic mass is 10.2. The predicted molar refractivity (Wildman–Crippen MR) is 71.3 cm³/mol. The van der Waals surface area contributed by atoms with Crippen LogP contribution >= 0.6 is 11.6 Å². The van der Waals surface area contributed by atoms with Gasteiger partial charge < -0.3 is 5.32 Å². The fourth-order valence-corrected chi connectivity index (χ4v) is 1.84. The first-order chi connectivity index (χ1) is 8.65. The molecule has 0 saturated heterocycles. The average Bonchev–Trinajstić information content (AvgIpc) is 2.83. The molecule has 1 amide bonds. The summed E-state index contributed by atoms with van der Waals surface area (Å²) in [6.07, 6.45) is 0.798. The Morgan fingerprint density at radius 2 is 2.06 bits per heavy atom. The van der Waals surface area contributed by atoms with E-state index in [2.05, 4.69) is 10.4 Å². The second-order valence-corrected chi connectivity index (χ2v) is 4.28. The fourth-order valence-electron chi connectivity index (χ4n) is 1.72. The summed E-state index contributed by atoms with van der Waals surface area (Å²) in [5, 5.41) is 7.56. The molecule has 0 spiro atoms. The van der Waals surface area contributed by atoms with Crippen molar-refractivity contribution in [3.05, 3.63) is 46.7 Å². The molecule has 0 saturated carbocycles. The Bertz CT molecular complexity index is 560. The maximum atomic E-state index is 11.6. The third-order valence-electron chi connectivity index (χ3n) is 2.68. The molecule has 0 aliphatic heterocycles. The van der Waals surface area contributed by atoms with E-state index in [1.165, 1.54) is 0 Å². The molecule has 5 heteroatoms. The van der Waals surface area contributed by atoms with Gasteiger partial charge in [-0.1, -0.05) is 18.5 Å². The van der Waals surface area contributed by atoms with Gasteiger partial charge in [0.1, 0.15) is 0 Å². The molecule has 0 aliphatic rings.